The number of carbonyl (C=O) groups excluding carboxylic acids is 1. The third-order valence-electron chi connectivity index (χ3n) is 4.13. The lowest BCUT2D eigenvalue weighted by molar-refractivity contribution is -0.131. The monoisotopic (exact) mass is 325 g/mol. The van der Waals surface area contributed by atoms with E-state index in [-0.39, 0.29) is 5.91 Å². The topological polar surface area (TPSA) is 20.3 Å². The van der Waals surface area contributed by atoms with Gasteiger partial charge in [-0.05, 0) is 35.2 Å². The minimum Gasteiger partial charge on any atom is -0.338 e. The normalized spacial score (nSPS) is 14.0. The van der Waals surface area contributed by atoms with Crippen molar-refractivity contribution in [2.24, 2.45) is 0 Å². The van der Waals surface area contributed by atoms with E-state index in [9.17, 15) is 4.79 Å². The first-order valence-corrected chi connectivity index (χ1v) is 9.10. The van der Waals surface area contributed by atoms with Crippen LogP contribution in [0.5, 0.6) is 0 Å². The van der Waals surface area contributed by atoms with Crippen LogP contribution in [0.25, 0.3) is 0 Å². The first kappa shape index (κ1) is 16.1. The molecule has 0 fully saturated rings. The van der Waals surface area contributed by atoms with Crippen molar-refractivity contribution in [3.8, 4) is 0 Å². The number of benzene rings is 2. The number of hydrogen-bond acceptors (Lipinski definition) is 2. The van der Waals surface area contributed by atoms with Gasteiger partial charge in [-0.2, -0.15) is 0 Å². The van der Waals surface area contributed by atoms with Crippen molar-refractivity contribution < 1.29 is 4.79 Å². The van der Waals surface area contributed by atoms with Gasteiger partial charge in [0.05, 0.1) is 6.42 Å². The number of carbonyl (C=O) groups is 1. The maximum absolute atomic E-state index is 12.6. The van der Waals surface area contributed by atoms with Gasteiger partial charge in [0.2, 0.25) is 5.91 Å². The zero-order valence-electron chi connectivity index (χ0n) is 13.8. The fraction of sp³-hybridized carbons (Fsp3) is 0.350. The average Bonchev–Trinajstić information content (AvgIpc) is 2.55. The van der Waals surface area contributed by atoms with E-state index in [1.54, 1.807) is 0 Å². The van der Waals surface area contributed by atoms with Gasteiger partial charge in [-0.25, -0.2) is 0 Å². The van der Waals surface area contributed by atoms with Gasteiger partial charge in [-0.1, -0.05) is 50.2 Å². The van der Waals surface area contributed by atoms with E-state index in [0.29, 0.717) is 11.7 Å². The van der Waals surface area contributed by atoms with Gasteiger partial charge in [-0.15, -0.1) is 11.8 Å². The second kappa shape index (κ2) is 7.22. The summed E-state index contributed by atoms with van der Waals surface area (Å²) >= 11 is 1.85. The SMILES string of the molecule is CC(C)Sc1ccc(CC(=O)N2CCc3ccccc3C2)cc1. The van der Waals surface area contributed by atoms with E-state index in [2.05, 4.69) is 62.4 Å². The number of fused-ring (bicyclic) bond motifs is 1. The van der Waals surface area contributed by atoms with Gasteiger partial charge in [0.1, 0.15) is 0 Å². The molecule has 1 heterocycles. The Hall–Kier alpha value is -1.74. The number of thioether (sulfide) groups is 1. The largest absolute Gasteiger partial charge is 0.338 e. The van der Waals surface area contributed by atoms with Crippen molar-refractivity contribution in [1.82, 2.24) is 4.90 Å². The van der Waals surface area contributed by atoms with E-state index < -0.39 is 0 Å². The van der Waals surface area contributed by atoms with Gasteiger partial charge in [0.15, 0.2) is 0 Å². The van der Waals surface area contributed by atoms with Crippen LogP contribution in [0.15, 0.2) is 53.4 Å². The first-order chi connectivity index (χ1) is 11.1. The summed E-state index contributed by atoms with van der Waals surface area (Å²) < 4.78 is 0. The van der Waals surface area contributed by atoms with E-state index in [1.807, 2.05) is 16.7 Å². The Kier molecular flexibility index (Phi) is 5.06. The molecule has 0 N–H and O–H groups in total. The highest BCUT2D eigenvalue weighted by Gasteiger charge is 2.20. The maximum Gasteiger partial charge on any atom is 0.227 e. The van der Waals surface area contributed by atoms with Gasteiger partial charge in [0.25, 0.3) is 0 Å². The average molecular weight is 325 g/mol. The van der Waals surface area contributed by atoms with Crippen molar-refractivity contribution >= 4 is 17.7 Å². The molecule has 1 amide bonds. The lowest BCUT2D eigenvalue weighted by atomic mass is 9.99. The minimum atomic E-state index is 0.226. The van der Waals surface area contributed by atoms with E-state index in [1.165, 1.54) is 16.0 Å². The van der Waals surface area contributed by atoms with Crippen LogP contribution >= 0.6 is 11.8 Å². The van der Waals surface area contributed by atoms with E-state index in [4.69, 9.17) is 0 Å². The van der Waals surface area contributed by atoms with Gasteiger partial charge in [-0.3, -0.25) is 4.79 Å². The Labute approximate surface area is 142 Å². The standard InChI is InChI=1S/C20H23NOS/c1-15(2)23-19-9-7-16(8-10-19)13-20(22)21-12-11-17-5-3-4-6-18(17)14-21/h3-10,15H,11-14H2,1-2H3. The highest BCUT2D eigenvalue weighted by atomic mass is 32.2. The molecule has 2 aromatic carbocycles. The molecule has 2 nitrogen and oxygen atoms in total. The van der Waals surface area contributed by atoms with Gasteiger partial charge >= 0.3 is 0 Å². The Balaban J connectivity index is 1.61. The minimum absolute atomic E-state index is 0.226. The molecule has 0 spiro atoms. The quantitative estimate of drug-likeness (QED) is 0.781. The zero-order chi connectivity index (χ0) is 16.2. The Bertz CT molecular complexity index is 678. The highest BCUT2D eigenvalue weighted by molar-refractivity contribution is 7.99. The molecule has 0 aliphatic carbocycles. The Morgan fingerprint density at radius 2 is 1.78 bits per heavy atom. The van der Waals surface area contributed by atoms with Crippen LogP contribution in [-0.4, -0.2) is 22.6 Å². The maximum atomic E-state index is 12.6. The molecular formula is C20H23NOS. The van der Waals surface area contributed by atoms with Crippen LogP contribution in [-0.2, 0) is 24.2 Å². The predicted octanol–water partition coefficient (Wildman–Crippen LogP) is 4.31. The Morgan fingerprint density at radius 1 is 1.09 bits per heavy atom. The summed E-state index contributed by atoms with van der Waals surface area (Å²) in [6.45, 7) is 5.96. The number of hydrogen-bond donors (Lipinski definition) is 0. The molecule has 0 bridgehead atoms. The van der Waals surface area contributed by atoms with Crippen molar-refractivity contribution in [1.29, 1.82) is 0 Å². The second-order valence-electron chi connectivity index (χ2n) is 6.32. The molecule has 23 heavy (non-hydrogen) atoms. The molecule has 2 aromatic rings. The van der Waals surface area contributed by atoms with Crippen molar-refractivity contribution in [3.63, 3.8) is 0 Å². The molecule has 1 aliphatic heterocycles. The number of amides is 1. The first-order valence-electron chi connectivity index (χ1n) is 8.22. The van der Waals surface area contributed by atoms with Gasteiger partial charge in [0, 0.05) is 23.2 Å². The molecule has 0 atom stereocenters. The molecule has 120 valence electrons. The van der Waals surface area contributed by atoms with Crippen molar-refractivity contribution in [2.75, 3.05) is 6.54 Å². The molecule has 0 radical (unpaired) electrons. The van der Waals surface area contributed by atoms with Crippen molar-refractivity contribution in [2.45, 2.75) is 43.4 Å². The summed E-state index contributed by atoms with van der Waals surface area (Å²) in [6.07, 6.45) is 1.46. The summed E-state index contributed by atoms with van der Waals surface area (Å²) in [4.78, 5) is 15.8. The van der Waals surface area contributed by atoms with Crippen LogP contribution in [0.2, 0.25) is 0 Å². The summed E-state index contributed by atoms with van der Waals surface area (Å²) in [5.74, 6) is 0.226. The third kappa shape index (κ3) is 4.17. The van der Waals surface area contributed by atoms with Crippen LogP contribution in [0.1, 0.15) is 30.5 Å². The van der Waals surface area contributed by atoms with E-state index in [0.717, 1.165) is 25.1 Å². The lowest BCUT2D eigenvalue weighted by Gasteiger charge is -2.29. The predicted molar refractivity (Wildman–Crippen MR) is 96.7 cm³/mol. The lowest BCUT2D eigenvalue weighted by Crippen LogP contribution is -2.36. The van der Waals surface area contributed by atoms with Crippen LogP contribution in [0.4, 0.5) is 0 Å². The second-order valence-corrected chi connectivity index (χ2v) is 7.97. The molecule has 1 aliphatic rings. The highest BCUT2D eigenvalue weighted by Crippen LogP contribution is 2.23. The molecular weight excluding hydrogens is 302 g/mol. The summed E-state index contributed by atoms with van der Waals surface area (Å²) in [5.41, 5.74) is 3.77. The van der Waals surface area contributed by atoms with Crippen LogP contribution < -0.4 is 0 Å². The fourth-order valence-corrected chi connectivity index (χ4v) is 3.79. The summed E-state index contributed by atoms with van der Waals surface area (Å²) in [7, 11) is 0. The molecule has 0 saturated carbocycles. The molecule has 3 rings (SSSR count). The van der Waals surface area contributed by atoms with Crippen LogP contribution in [0.3, 0.4) is 0 Å². The number of nitrogens with zero attached hydrogens (tertiary/aromatic N) is 1. The zero-order valence-corrected chi connectivity index (χ0v) is 14.6. The van der Waals surface area contributed by atoms with Gasteiger partial charge < -0.3 is 4.90 Å². The molecule has 0 aromatic heterocycles. The number of rotatable bonds is 4. The molecule has 3 heteroatoms. The molecule has 0 unspecified atom stereocenters. The van der Waals surface area contributed by atoms with E-state index >= 15 is 0 Å². The smallest absolute Gasteiger partial charge is 0.227 e. The molecule has 0 saturated heterocycles. The summed E-state index contributed by atoms with van der Waals surface area (Å²) in [6, 6.07) is 16.8. The third-order valence-corrected chi connectivity index (χ3v) is 5.15. The Morgan fingerprint density at radius 3 is 2.48 bits per heavy atom. The van der Waals surface area contributed by atoms with Crippen molar-refractivity contribution in [3.05, 3.63) is 65.2 Å². The summed E-state index contributed by atoms with van der Waals surface area (Å²) in [5, 5.41) is 0.580. The fourth-order valence-electron chi connectivity index (χ4n) is 2.95. The van der Waals surface area contributed by atoms with Crippen LogP contribution in [0, 0.1) is 0 Å².